The summed E-state index contributed by atoms with van der Waals surface area (Å²) in [6, 6.07) is 16.2. The van der Waals surface area contributed by atoms with Crippen LogP contribution in [0.4, 0.5) is 0 Å². The second-order valence-corrected chi connectivity index (χ2v) is 4.56. The summed E-state index contributed by atoms with van der Waals surface area (Å²) in [6.45, 7) is 2.40. The van der Waals surface area contributed by atoms with Gasteiger partial charge in [-0.15, -0.1) is 0 Å². The highest BCUT2D eigenvalue weighted by molar-refractivity contribution is 5.69. The normalized spacial score (nSPS) is 10.1. The van der Waals surface area contributed by atoms with Crippen LogP contribution in [0.25, 0.3) is 11.1 Å². The van der Waals surface area contributed by atoms with Crippen LogP contribution < -0.4 is 4.74 Å². The first kappa shape index (κ1) is 14.1. The number of carbonyl (C=O) groups excluding carboxylic acids is 1. The van der Waals surface area contributed by atoms with Gasteiger partial charge in [0, 0.05) is 0 Å². The van der Waals surface area contributed by atoms with Crippen LogP contribution in [0, 0.1) is 6.92 Å². The lowest BCUT2D eigenvalue weighted by atomic mass is 10.0. The van der Waals surface area contributed by atoms with Crippen molar-refractivity contribution >= 4 is 5.97 Å². The Labute approximate surface area is 119 Å². The van der Waals surface area contributed by atoms with Gasteiger partial charge in [-0.2, -0.15) is 0 Å². The Hall–Kier alpha value is -2.29. The SMILES string of the molecule is COC(=O)CCOc1ccc(-c2ccc(C)cc2)cc1. The van der Waals surface area contributed by atoms with Crippen molar-refractivity contribution in [2.24, 2.45) is 0 Å². The lowest BCUT2D eigenvalue weighted by Crippen LogP contribution is -2.07. The molecule has 0 unspecified atom stereocenters. The molecule has 0 spiro atoms. The first-order chi connectivity index (χ1) is 9.69. The van der Waals surface area contributed by atoms with E-state index in [-0.39, 0.29) is 12.4 Å². The van der Waals surface area contributed by atoms with Crippen LogP contribution in [0.3, 0.4) is 0 Å². The van der Waals surface area contributed by atoms with E-state index in [0.29, 0.717) is 6.61 Å². The number of hydrogen-bond acceptors (Lipinski definition) is 3. The van der Waals surface area contributed by atoms with E-state index in [1.54, 1.807) is 0 Å². The predicted molar refractivity (Wildman–Crippen MR) is 78.7 cm³/mol. The van der Waals surface area contributed by atoms with Gasteiger partial charge in [0.05, 0.1) is 20.1 Å². The van der Waals surface area contributed by atoms with Crippen molar-refractivity contribution in [1.29, 1.82) is 0 Å². The van der Waals surface area contributed by atoms with Gasteiger partial charge in [0.2, 0.25) is 0 Å². The highest BCUT2D eigenvalue weighted by atomic mass is 16.5. The molecule has 0 aliphatic rings. The van der Waals surface area contributed by atoms with Gasteiger partial charge >= 0.3 is 5.97 Å². The fourth-order valence-electron chi connectivity index (χ4n) is 1.84. The van der Waals surface area contributed by atoms with Crippen LogP contribution in [-0.4, -0.2) is 19.7 Å². The standard InChI is InChI=1S/C17H18O3/c1-13-3-5-14(6-4-13)15-7-9-16(10-8-15)20-12-11-17(18)19-2/h3-10H,11-12H2,1-2H3. The van der Waals surface area contributed by atoms with E-state index in [2.05, 4.69) is 35.9 Å². The molecule has 0 heterocycles. The van der Waals surface area contributed by atoms with Crippen LogP contribution in [-0.2, 0) is 9.53 Å². The highest BCUT2D eigenvalue weighted by Gasteiger charge is 2.02. The summed E-state index contributed by atoms with van der Waals surface area (Å²) in [5.74, 6) is 0.492. The summed E-state index contributed by atoms with van der Waals surface area (Å²) in [5.41, 5.74) is 3.57. The van der Waals surface area contributed by atoms with Crippen molar-refractivity contribution < 1.29 is 14.3 Å². The van der Waals surface area contributed by atoms with Gasteiger partial charge in [-0.25, -0.2) is 0 Å². The molecule has 0 radical (unpaired) electrons. The zero-order chi connectivity index (χ0) is 14.4. The van der Waals surface area contributed by atoms with Crippen LogP contribution in [0.5, 0.6) is 5.75 Å². The molecule has 0 saturated heterocycles. The van der Waals surface area contributed by atoms with E-state index in [1.807, 2.05) is 24.3 Å². The van der Waals surface area contributed by atoms with E-state index >= 15 is 0 Å². The molecule has 0 aromatic heterocycles. The van der Waals surface area contributed by atoms with Crippen molar-refractivity contribution in [3.8, 4) is 16.9 Å². The smallest absolute Gasteiger partial charge is 0.308 e. The molecule has 2 rings (SSSR count). The molecule has 0 atom stereocenters. The Morgan fingerprint density at radius 1 is 0.950 bits per heavy atom. The van der Waals surface area contributed by atoms with Crippen molar-refractivity contribution in [3.63, 3.8) is 0 Å². The average molecular weight is 270 g/mol. The van der Waals surface area contributed by atoms with Gasteiger partial charge in [-0.05, 0) is 30.2 Å². The third-order valence-electron chi connectivity index (χ3n) is 3.04. The summed E-state index contributed by atoms with van der Waals surface area (Å²) in [4.78, 5) is 11.0. The number of esters is 1. The molecule has 3 nitrogen and oxygen atoms in total. The van der Waals surface area contributed by atoms with E-state index in [0.717, 1.165) is 11.3 Å². The third kappa shape index (κ3) is 3.85. The summed E-state index contributed by atoms with van der Waals surface area (Å²) in [7, 11) is 1.37. The molecule has 2 aromatic rings. The Morgan fingerprint density at radius 2 is 1.50 bits per heavy atom. The molecule has 0 aliphatic heterocycles. The maximum atomic E-state index is 11.0. The van der Waals surface area contributed by atoms with Crippen molar-refractivity contribution in [1.82, 2.24) is 0 Å². The molecular formula is C17H18O3. The minimum atomic E-state index is -0.263. The van der Waals surface area contributed by atoms with E-state index < -0.39 is 0 Å². The molecule has 0 N–H and O–H groups in total. The number of carbonyl (C=O) groups is 1. The maximum absolute atomic E-state index is 11.0. The van der Waals surface area contributed by atoms with Gasteiger partial charge in [-0.3, -0.25) is 4.79 Å². The molecule has 0 bridgehead atoms. The lowest BCUT2D eigenvalue weighted by molar-refractivity contribution is -0.141. The Bertz CT molecular complexity index is 556. The molecule has 20 heavy (non-hydrogen) atoms. The third-order valence-corrected chi connectivity index (χ3v) is 3.04. The Morgan fingerprint density at radius 3 is 2.05 bits per heavy atom. The van der Waals surface area contributed by atoms with Gasteiger partial charge in [-0.1, -0.05) is 42.0 Å². The van der Waals surface area contributed by atoms with Crippen molar-refractivity contribution in [2.45, 2.75) is 13.3 Å². The zero-order valence-corrected chi connectivity index (χ0v) is 11.8. The minimum Gasteiger partial charge on any atom is -0.493 e. The first-order valence-corrected chi connectivity index (χ1v) is 6.56. The quantitative estimate of drug-likeness (QED) is 0.779. The van der Waals surface area contributed by atoms with Gasteiger partial charge < -0.3 is 9.47 Å². The van der Waals surface area contributed by atoms with Crippen molar-refractivity contribution in [3.05, 3.63) is 54.1 Å². The molecule has 0 amide bonds. The van der Waals surface area contributed by atoms with Crippen LogP contribution in [0.2, 0.25) is 0 Å². The summed E-state index contributed by atoms with van der Waals surface area (Å²) < 4.78 is 10.0. The topological polar surface area (TPSA) is 35.5 Å². The average Bonchev–Trinajstić information content (AvgIpc) is 2.48. The second kappa shape index (κ2) is 6.75. The first-order valence-electron chi connectivity index (χ1n) is 6.56. The maximum Gasteiger partial charge on any atom is 0.308 e. The number of methoxy groups -OCH3 is 1. The van der Waals surface area contributed by atoms with Gasteiger partial charge in [0.15, 0.2) is 0 Å². The highest BCUT2D eigenvalue weighted by Crippen LogP contribution is 2.22. The molecular weight excluding hydrogens is 252 g/mol. The summed E-state index contributed by atoms with van der Waals surface area (Å²) >= 11 is 0. The van der Waals surface area contributed by atoms with Gasteiger partial charge in [0.1, 0.15) is 5.75 Å². The van der Waals surface area contributed by atoms with Crippen molar-refractivity contribution in [2.75, 3.05) is 13.7 Å². The fraction of sp³-hybridized carbons (Fsp3) is 0.235. The largest absolute Gasteiger partial charge is 0.493 e. The zero-order valence-electron chi connectivity index (χ0n) is 11.8. The molecule has 3 heteroatoms. The Kier molecular flexibility index (Phi) is 4.77. The molecule has 2 aromatic carbocycles. The summed E-state index contributed by atoms with van der Waals surface area (Å²) in [5, 5.41) is 0. The fourth-order valence-corrected chi connectivity index (χ4v) is 1.84. The number of aryl methyl sites for hydroxylation is 1. The van der Waals surface area contributed by atoms with Crippen LogP contribution >= 0.6 is 0 Å². The molecule has 0 aliphatic carbocycles. The predicted octanol–water partition coefficient (Wildman–Crippen LogP) is 3.60. The molecule has 104 valence electrons. The van der Waals surface area contributed by atoms with E-state index in [4.69, 9.17) is 4.74 Å². The second-order valence-electron chi connectivity index (χ2n) is 4.56. The van der Waals surface area contributed by atoms with E-state index in [9.17, 15) is 4.79 Å². The number of benzene rings is 2. The number of hydrogen-bond donors (Lipinski definition) is 0. The summed E-state index contributed by atoms with van der Waals surface area (Å²) in [6.07, 6.45) is 0.260. The van der Waals surface area contributed by atoms with Crippen LogP contribution in [0.1, 0.15) is 12.0 Å². The monoisotopic (exact) mass is 270 g/mol. The Balaban J connectivity index is 1.96. The minimum absolute atomic E-state index is 0.260. The molecule has 0 saturated carbocycles. The lowest BCUT2D eigenvalue weighted by Gasteiger charge is -2.07. The van der Waals surface area contributed by atoms with E-state index in [1.165, 1.54) is 18.2 Å². The molecule has 0 fully saturated rings. The van der Waals surface area contributed by atoms with Crippen LogP contribution in [0.15, 0.2) is 48.5 Å². The number of rotatable bonds is 5. The van der Waals surface area contributed by atoms with Gasteiger partial charge in [0.25, 0.3) is 0 Å². The number of ether oxygens (including phenoxy) is 2.